The summed E-state index contributed by atoms with van der Waals surface area (Å²) < 4.78 is 26.0. The van der Waals surface area contributed by atoms with Crippen molar-refractivity contribution in [2.75, 3.05) is 11.9 Å². The van der Waals surface area contributed by atoms with Gasteiger partial charge in [0.15, 0.2) is 0 Å². The summed E-state index contributed by atoms with van der Waals surface area (Å²) >= 11 is 0. The van der Waals surface area contributed by atoms with Crippen LogP contribution in [0.25, 0.3) is 0 Å². The summed E-state index contributed by atoms with van der Waals surface area (Å²) in [4.78, 5) is 10.9. The molecule has 18 heavy (non-hydrogen) atoms. The summed E-state index contributed by atoms with van der Waals surface area (Å²) in [5.41, 5.74) is 5.84. The van der Waals surface area contributed by atoms with E-state index in [4.69, 9.17) is 5.73 Å². The number of rotatable bonds is 6. The Morgan fingerprint density at radius 1 is 1.33 bits per heavy atom. The fourth-order valence-electron chi connectivity index (χ4n) is 1.31. The molecule has 1 rings (SSSR count). The molecular weight excluding hydrogens is 254 g/mol. The number of nitrogens with two attached hydrogens (primary N) is 1. The third-order valence-corrected chi connectivity index (χ3v) is 3.86. The van der Waals surface area contributed by atoms with E-state index in [1.807, 2.05) is 6.92 Å². The Morgan fingerprint density at radius 3 is 2.33 bits per heavy atom. The number of benzene rings is 1. The maximum Gasteiger partial charge on any atom is 0.241 e. The average Bonchev–Trinajstić information content (AvgIpc) is 2.29. The second-order valence-corrected chi connectivity index (χ2v) is 5.51. The number of anilines is 1. The number of sulfonamides is 1. The zero-order valence-corrected chi connectivity index (χ0v) is 11.1. The van der Waals surface area contributed by atoms with E-state index >= 15 is 0 Å². The highest BCUT2D eigenvalue weighted by atomic mass is 32.2. The molecule has 4 N–H and O–H groups in total. The van der Waals surface area contributed by atoms with Gasteiger partial charge in [0.25, 0.3) is 0 Å². The van der Waals surface area contributed by atoms with Gasteiger partial charge in [0.05, 0.1) is 10.9 Å². The molecule has 0 radical (unpaired) electrons. The minimum absolute atomic E-state index is 0.0947. The molecule has 0 fully saturated rings. The Hall–Kier alpha value is -1.60. The topological polar surface area (TPSA) is 101 Å². The van der Waals surface area contributed by atoms with E-state index < -0.39 is 22.0 Å². The van der Waals surface area contributed by atoms with Crippen molar-refractivity contribution in [3.05, 3.63) is 24.3 Å². The van der Waals surface area contributed by atoms with Gasteiger partial charge >= 0.3 is 0 Å². The van der Waals surface area contributed by atoms with Crippen LogP contribution in [0.3, 0.4) is 0 Å². The van der Waals surface area contributed by atoms with E-state index in [-0.39, 0.29) is 4.90 Å². The van der Waals surface area contributed by atoms with E-state index in [1.54, 1.807) is 12.1 Å². The van der Waals surface area contributed by atoms with Gasteiger partial charge in [-0.15, -0.1) is 0 Å². The molecule has 0 saturated carbocycles. The first-order chi connectivity index (χ1) is 8.36. The van der Waals surface area contributed by atoms with E-state index in [0.29, 0.717) is 0 Å². The molecule has 1 amide bonds. The van der Waals surface area contributed by atoms with Gasteiger partial charge in [-0.1, -0.05) is 0 Å². The number of hydrogen-bond acceptors (Lipinski definition) is 4. The van der Waals surface area contributed by atoms with E-state index in [1.165, 1.54) is 19.1 Å². The van der Waals surface area contributed by atoms with Crippen LogP contribution in [0.1, 0.15) is 13.8 Å². The molecule has 0 saturated heterocycles. The Bertz CT molecular complexity index is 511. The molecule has 0 aromatic heterocycles. The molecule has 7 heteroatoms. The average molecular weight is 271 g/mol. The Labute approximate surface area is 107 Å². The predicted octanol–water partition coefficient (Wildman–Crippen LogP) is 0.271. The number of carbonyl (C=O) groups excluding carboxylic acids is 1. The van der Waals surface area contributed by atoms with Crippen LogP contribution in [-0.4, -0.2) is 26.9 Å². The number of primary amides is 1. The van der Waals surface area contributed by atoms with E-state index in [9.17, 15) is 13.2 Å². The third-order valence-electron chi connectivity index (χ3n) is 2.30. The number of amides is 1. The fraction of sp³-hybridized carbons (Fsp3) is 0.364. The van der Waals surface area contributed by atoms with Crippen LogP contribution < -0.4 is 15.8 Å². The molecule has 0 aliphatic rings. The molecule has 6 nitrogen and oxygen atoms in total. The van der Waals surface area contributed by atoms with Crippen molar-refractivity contribution < 1.29 is 13.2 Å². The van der Waals surface area contributed by atoms with Crippen molar-refractivity contribution in [2.24, 2.45) is 5.73 Å². The first-order valence-corrected chi connectivity index (χ1v) is 7.00. The van der Waals surface area contributed by atoms with Crippen LogP contribution in [0.15, 0.2) is 29.2 Å². The lowest BCUT2D eigenvalue weighted by Gasteiger charge is -2.11. The Morgan fingerprint density at radius 2 is 1.89 bits per heavy atom. The minimum Gasteiger partial charge on any atom is -0.385 e. The summed E-state index contributed by atoms with van der Waals surface area (Å²) in [6.07, 6.45) is 0. The van der Waals surface area contributed by atoms with Gasteiger partial charge in [-0.25, -0.2) is 8.42 Å². The predicted molar refractivity (Wildman–Crippen MR) is 69.6 cm³/mol. The van der Waals surface area contributed by atoms with Gasteiger partial charge in [0.1, 0.15) is 0 Å². The summed E-state index contributed by atoms with van der Waals surface area (Å²) in [7, 11) is -3.71. The van der Waals surface area contributed by atoms with Gasteiger partial charge < -0.3 is 11.1 Å². The lowest BCUT2D eigenvalue weighted by Crippen LogP contribution is -2.42. The van der Waals surface area contributed by atoms with Crippen LogP contribution in [-0.2, 0) is 14.8 Å². The van der Waals surface area contributed by atoms with Gasteiger partial charge in [0.2, 0.25) is 15.9 Å². The number of hydrogen-bond donors (Lipinski definition) is 3. The second-order valence-electron chi connectivity index (χ2n) is 3.80. The van der Waals surface area contributed by atoms with Crippen molar-refractivity contribution >= 4 is 21.6 Å². The summed E-state index contributed by atoms with van der Waals surface area (Å²) in [6.45, 7) is 4.09. The molecule has 1 atom stereocenters. The molecular formula is C11H17N3O3S. The molecule has 100 valence electrons. The highest BCUT2D eigenvalue weighted by Crippen LogP contribution is 2.14. The monoisotopic (exact) mass is 271 g/mol. The Balaban J connectivity index is 2.88. The standard InChI is InChI=1S/C11H17N3O3S/c1-3-13-9-4-6-10(7-5-9)18(16,17)14-8(2)11(12)15/h4-8,13-14H,3H2,1-2H3,(H2,12,15). The molecule has 0 spiro atoms. The van der Waals surface area contributed by atoms with E-state index in [2.05, 4.69) is 10.0 Å². The zero-order chi connectivity index (χ0) is 13.8. The molecule has 1 aromatic rings. The number of nitrogens with one attached hydrogen (secondary N) is 2. The largest absolute Gasteiger partial charge is 0.385 e. The maximum atomic E-state index is 11.9. The second kappa shape index (κ2) is 5.83. The maximum absolute atomic E-state index is 11.9. The van der Waals surface area contributed by atoms with Crippen molar-refractivity contribution in [3.8, 4) is 0 Å². The lowest BCUT2D eigenvalue weighted by atomic mass is 10.3. The fourth-order valence-corrected chi connectivity index (χ4v) is 2.53. The van der Waals surface area contributed by atoms with Gasteiger partial charge in [0, 0.05) is 12.2 Å². The zero-order valence-electron chi connectivity index (χ0n) is 10.3. The first kappa shape index (κ1) is 14.5. The smallest absolute Gasteiger partial charge is 0.241 e. The third kappa shape index (κ3) is 3.71. The minimum atomic E-state index is -3.71. The Kier molecular flexibility index (Phi) is 4.69. The van der Waals surface area contributed by atoms with Crippen molar-refractivity contribution in [1.82, 2.24) is 4.72 Å². The molecule has 0 bridgehead atoms. The van der Waals surface area contributed by atoms with Gasteiger partial charge in [-0.3, -0.25) is 4.79 Å². The highest BCUT2D eigenvalue weighted by molar-refractivity contribution is 7.89. The quantitative estimate of drug-likeness (QED) is 0.691. The summed E-state index contributed by atoms with van der Waals surface area (Å²) in [6, 6.07) is 5.31. The first-order valence-electron chi connectivity index (χ1n) is 5.52. The van der Waals surface area contributed by atoms with E-state index in [0.717, 1.165) is 12.2 Å². The van der Waals surface area contributed by atoms with Crippen molar-refractivity contribution in [1.29, 1.82) is 0 Å². The molecule has 1 unspecified atom stereocenters. The normalized spacial score (nSPS) is 13.0. The molecule has 0 aliphatic carbocycles. The van der Waals surface area contributed by atoms with Crippen molar-refractivity contribution in [2.45, 2.75) is 24.8 Å². The molecule has 0 heterocycles. The van der Waals surface area contributed by atoms with Crippen LogP contribution in [0.5, 0.6) is 0 Å². The molecule has 0 aliphatic heterocycles. The van der Waals surface area contributed by atoms with Crippen LogP contribution in [0.4, 0.5) is 5.69 Å². The summed E-state index contributed by atoms with van der Waals surface area (Å²) in [5, 5.41) is 3.06. The summed E-state index contributed by atoms with van der Waals surface area (Å²) in [5.74, 6) is -0.720. The molecule has 1 aromatic carbocycles. The highest BCUT2D eigenvalue weighted by Gasteiger charge is 2.19. The van der Waals surface area contributed by atoms with Crippen LogP contribution in [0.2, 0.25) is 0 Å². The van der Waals surface area contributed by atoms with Crippen LogP contribution >= 0.6 is 0 Å². The van der Waals surface area contributed by atoms with Gasteiger partial charge in [-0.2, -0.15) is 4.72 Å². The van der Waals surface area contributed by atoms with Gasteiger partial charge in [-0.05, 0) is 38.1 Å². The SMILES string of the molecule is CCNc1ccc(S(=O)(=O)NC(C)C(N)=O)cc1. The lowest BCUT2D eigenvalue weighted by molar-refractivity contribution is -0.119. The number of carbonyl (C=O) groups is 1. The van der Waals surface area contributed by atoms with Crippen molar-refractivity contribution in [3.63, 3.8) is 0 Å². The van der Waals surface area contributed by atoms with Crippen LogP contribution in [0, 0.1) is 0 Å².